The molecule has 4 heteroatoms. The van der Waals surface area contributed by atoms with Gasteiger partial charge in [-0.2, -0.15) is 0 Å². The zero-order valence-corrected chi connectivity index (χ0v) is 12.4. The fourth-order valence-electron chi connectivity index (χ4n) is 2.95. The molecule has 0 aliphatic carbocycles. The number of piperazine rings is 1. The van der Waals surface area contributed by atoms with Crippen LogP contribution in [0.3, 0.4) is 0 Å². The molecule has 2 heterocycles. The van der Waals surface area contributed by atoms with Crippen molar-refractivity contribution in [2.24, 2.45) is 0 Å². The monoisotopic (exact) mass is 282 g/mol. The van der Waals surface area contributed by atoms with Crippen LogP contribution >= 0.6 is 0 Å². The molecule has 0 radical (unpaired) electrons. The van der Waals surface area contributed by atoms with Gasteiger partial charge in [0.25, 0.3) is 0 Å². The van der Waals surface area contributed by atoms with Crippen LogP contribution in [0.15, 0.2) is 48.7 Å². The van der Waals surface area contributed by atoms with Crippen LogP contribution < -0.4 is 10.6 Å². The Balaban J connectivity index is 1.64. The first-order valence-electron chi connectivity index (χ1n) is 7.47. The molecule has 110 valence electrons. The average Bonchev–Trinajstić information content (AvgIpc) is 2.48. The second kappa shape index (κ2) is 6.14. The molecule has 2 aromatic rings. The molecule has 1 atom stereocenters. The Kier molecular flexibility index (Phi) is 4.06. The summed E-state index contributed by atoms with van der Waals surface area (Å²) in [5.41, 5.74) is 8.02. The van der Waals surface area contributed by atoms with Crippen molar-refractivity contribution in [1.29, 1.82) is 0 Å². The fourth-order valence-corrected chi connectivity index (χ4v) is 2.95. The third-order valence-corrected chi connectivity index (χ3v) is 4.02. The van der Waals surface area contributed by atoms with Crippen molar-refractivity contribution in [3.63, 3.8) is 0 Å². The largest absolute Gasteiger partial charge is 0.399 e. The molecule has 1 unspecified atom stereocenters. The predicted molar refractivity (Wildman–Crippen MR) is 87.2 cm³/mol. The van der Waals surface area contributed by atoms with E-state index in [1.807, 2.05) is 12.1 Å². The summed E-state index contributed by atoms with van der Waals surface area (Å²) in [4.78, 5) is 9.30. The second-order valence-electron chi connectivity index (χ2n) is 5.71. The number of benzene rings is 1. The van der Waals surface area contributed by atoms with Gasteiger partial charge in [0.2, 0.25) is 0 Å². The van der Waals surface area contributed by atoms with E-state index in [4.69, 9.17) is 5.73 Å². The SMILES string of the molecule is CC1CN(Cc2ccccc2)CCN1c1cc(N)ccn1. The molecule has 4 nitrogen and oxygen atoms in total. The van der Waals surface area contributed by atoms with Crippen LogP contribution in [0.1, 0.15) is 12.5 Å². The Hall–Kier alpha value is -2.07. The summed E-state index contributed by atoms with van der Waals surface area (Å²) in [6.45, 7) is 6.36. The number of nitrogens with two attached hydrogens (primary N) is 1. The summed E-state index contributed by atoms with van der Waals surface area (Å²) >= 11 is 0. The van der Waals surface area contributed by atoms with Crippen LogP contribution in [-0.4, -0.2) is 35.6 Å². The van der Waals surface area contributed by atoms with E-state index in [9.17, 15) is 0 Å². The van der Waals surface area contributed by atoms with E-state index in [2.05, 4.69) is 52.0 Å². The highest BCUT2D eigenvalue weighted by molar-refractivity contribution is 5.51. The van der Waals surface area contributed by atoms with E-state index in [0.29, 0.717) is 6.04 Å². The maximum Gasteiger partial charge on any atom is 0.130 e. The predicted octanol–water partition coefficient (Wildman–Crippen LogP) is 2.37. The highest BCUT2D eigenvalue weighted by Crippen LogP contribution is 2.21. The molecule has 21 heavy (non-hydrogen) atoms. The lowest BCUT2D eigenvalue weighted by Crippen LogP contribution is -2.51. The van der Waals surface area contributed by atoms with Crippen LogP contribution in [0.4, 0.5) is 11.5 Å². The van der Waals surface area contributed by atoms with E-state index < -0.39 is 0 Å². The number of rotatable bonds is 3. The maximum atomic E-state index is 5.86. The van der Waals surface area contributed by atoms with E-state index >= 15 is 0 Å². The van der Waals surface area contributed by atoms with E-state index in [1.54, 1.807) is 6.20 Å². The normalized spacial score (nSPS) is 19.7. The number of aromatic nitrogens is 1. The van der Waals surface area contributed by atoms with Crippen LogP contribution in [0.5, 0.6) is 0 Å². The summed E-state index contributed by atoms with van der Waals surface area (Å²) in [6, 6.07) is 14.9. The average molecular weight is 282 g/mol. The maximum absolute atomic E-state index is 5.86. The Morgan fingerprint density at radius 2 is 2.00 bits per heavy atom. The highest BCUT2D eigenvalue weighted by Gasteiger charge is 2.24. The van der Waals surface area contributed by atoms with Crippen molar-refractivity contribution in [3.8, 4) is 0 Å². The number of nitrogen functional groups attached to an aromatic ring is 1. The summed E-state index contributed by atoms with van der Waals surface area (Å²) in [5.74, 6) is 0.988. The first kappa shape index (κ1) is 13.9. The second-order valence-corrected chi connectivity index (χ2v) is 5.71. The van der Waals surface area contributed by atoms with Crippen molar-refractivity contribution >= 4 is 11.5 Å². The number of hydrogen-bond acceptors (Lipinski definition) is 4. The summed E-state index contributed by atoms with van der Waals surface area (Å²) in [7, 11) is 0. The molecule has 1 aliphatic heterocycles. The Morgan fingerprint density at radius 3 is 2.71 bits per heavy atom. The number of hydrogen-bond donors (Lipinski definition) is 1. The zero-order chi connectivity index (χ0) is 14.7. The molecule has 1 aromatic carbocycles. The van der Waals surface area contributed by atoms with Gasteiger partial charge >= 0.3 is 0 Å². The topological polar surface area (TPSA) is 45.4 Å². The van der Waals surface area contributed by atoms with Crippen molar-refractivity contribution in [2.75, 3.05) is 30.3 Å². The lowest BCUT2D eigenvalue weighted by molar-refractivity contribution is 0.220. The molecule has 0 saturated carbocycles. The van der Waals surface area contributed by atoms with Crippen LogP contribution in [-0.2, 0) is 6.54 Å². The van der Waals surface area contributed by atoms with Gasteiger partial charge in [0.15, 0.2) is 0 Å². The van der Waals surface area contributed by atoms with Crippen molar-refractivity contribution in [1.82, 2.24) is 9.88 Å². The van der Waals surface area contributed by atoms with Gasteiger partial charge in [-0.1, -0.05) is 30.3 Å². The van der Waals surface area contributed by atoms with Gasteiger partial charge < -0.3 is 10.6 Å². The third kappa shape index (κ3) is 3.34. The fraction of sp³-hybridized carbons (Fsp3) is 0.353. The minimum absolute atomic E-state index is 0.441. The lowest BCUT2D eigenvalue weighted by atomic mass is 10.1. The molecular formula is C17H22N4. The Bertz CT molecular complexity index is 584. The number of pyridine rings is 1. The molecule has 0 spiro atoms. The molecule has 3 rings (SSSR count). The smallest absolute Gasteiger partial charge is 0.130 e. The van der Waals surface area contributed by atoms with Crippen molar-refractivity contribution in [3.05, 3.63) is 54.2 Å². The molecule has 1 saturated heterocycles. The highest BCUT2D eigenvalue weighted by atomic mass is 15.3. The molecule has 1 aromatic heterocycles. The van der Waals surface area contributed by atoms with Crippen LogP contribution in [0.25, 0.3) is 0 Å². The van der Waals surface area contributed by atoms with Crippen molar-refractivity contribution < 1.29 is 0 Å². The summed E-state index contributed by atoms with van der Waals surface area (Å²) in [5, 5.41) is 0. The first-order valence-corrected chi connectivity index (χ1v) is 7.47. The number of anilines is 2. The molecule has 1 fully saturated rings. The van der Waals surface area contributed by atoms with Gasteiger partial charge in [-0.05, 0) is 18.6 Å². The first-order chi connectivity index (χ1) is 10.2. The Labute approximate surface area is 126 Å². The minimum atomic E-state index is 0.441. The molecule has 0 amide bonds. The van der Waals surface area contributed by atoms with Crippen LogP contribution in [0, 0.1) is 0 Å². The number of nitrogens with zero attached hydrogens (tertiary/aromatic N) is 3. The van der Waals surface area contributed by atoms with Crippen molar-refractivity contribution in [2.45, 2.75) is 19.5 Å². The third-order valence-electron chi connectivity index (χ3n) is 4.02. The molecular weight excluding hydrogens is 260 g/mol. The standard InChI is InChI=1S/C17H22N4/c1-14-12-20(13-15-5-3-2-4-6-15)9-10-21(14)17-11-16(18)7-8-19-17/h2-8,11,14H,9-10,12-13H2,1H3,(H2,18,19). The lowest BCUT2D eigenvalue weighted by Gasteiger charge is -2.40. The van der Waals surface area contributed by atoms with Gasteiger partial charge in [0, 0.05) is 50.2 Å². The van der Waals surface area contributed by atoms with E-state index in [1.165, 1.54) is 5.56 Å². The summed E-state index contributed by atoms with van der Waals surface area (Å²) < 4.78 is 0. The van der Waals surface area contributed by atoms with E-state index in [-0.39, 0.29) is 0 Å². The zero-order valence-electron chi connectivity index (χ0n) is 12.4. The van der Waals surface area contributed by atoms with Gasteiger partial charge in [0.05, 0.1) is 0 Å². The Morgan fingerprint density at radius 1 is 1.19 bits per heavy atom. The molecule has 2 N–H and O–H groups in total. The summed E-state index contributed by atoms with van der Waals surface area (Å²) in [6.07, 6.45) is 1.79. The van der Waals surface area contributed by atoms with Gasteiger partial charge in [0.1, 0.15) is 5.82 Å². The van der Waals surface area contributed by atoms with Gasteiger partial charge in [-0.15, -0.1) is 0 Å². The van der Waals surface area contributed by atoms with Crippen LogP contribution in [0.2, 0.25) is 0 Å². The van der Waals surface area contributed by atoms with Gasteiger partial charge in [-0.25, -0.2) is 4.98 Å². The van der Waals surface area contributed by atoms with Gasteiger partial charge in [-0.3, -0.25) is 4.90 Å². The quantitative estimate of drug-likeness (QED) is 0.939. The molecule has 0 bridgehead atoms. The van der Waals surface area contributed by atoms with E-state index in [0.717, 1.165) is 37.7 Å². The minimum Gasteiger partial charge on any atom is -0.399 e. The molecule has 1 aliphatic rings.